The molecule has 1 aliphatic rings. The number of carbonyl (C=O) groups is 1. The molecule has 0 spiro atoms. The molecule has 4 rings (SSSR count). The second-order valence-electron chi connectivity index (χ2n) is 8.79. The van der Waals surface area contributed by atoms with E-state index in [0.29, 0.717) is 5.56 Å². The summed E-state index contributed by atoms with van der Waals surface area (Å²) in [5.41, 5.74) is 4.72. The van der Waals surface area contributed by atoms with Gasteiger partial charge in [0.1, 0.15) is 5.75 Å². The zero-order chi connectivity index (χ0) is 22.5. The minimum atomic E-state index is -0.00739. The lowest BCUT2D eigenvalue weighted by molar-refractivity contribution is 0.0240. The Bertz CT molecular complexity index is 1050. The van der Waals surface area contributed by atoms with Crippen molar-refractivity contribution in [3.8, 4) is 16.9 Å². The van der Waals surface area contributed by atoms with Crippen molar-refractivity contribution in [2.75, 3.05) is 20.1 Å². The SMILES string of the molecule is Cc1ccc(-c2ccc(C(=O)N3CCCCC3N(C)CCc3ccccc3)cc2O)cc1. The van der Waals surface area contributed by atoms with E-state index in [9.17, 15) is 9.90 Å². The van der Waals surface area contributed by atoms with E-state index in [1.165, 1.54) is 11.1 Å². The molecular formula is C28H32N2O2. The highest BCUT2D eigenvalue weighted by Crippen LogP contribution is 2.31. The maximum Gasteiger partial charge on any atom is 0.255 e. The average Bonchev–Trinajstić information content (AvgIpc) is 2.83. The Balaban J connectivity index is 1.48. The van der Waals surface area contributed by atoms with Crippen molar-refractivity contribution in [1.82, 2.24) is 9.80 Å². The Morgan fingerprint density at radius 3 is 2.50 bits per heavy atom. The molecule has 3 aromatic carbocycles. The number of likely N-dealkylation sites (tertiary alicyclic amines) is 1. The molecule has 1 amide bonds. The molecule has 1 atom stereocenters. The fourth-order valence-corrected chi connectivity index (χ4v) is 4.52. The fraction of sp³-hybridized carbons (Fsp3) is 0.321. The summed E-state index contributed by atoms with van der Waals surface area (Å²) in [5.74, 6) is 0.137. The van der Waals surface area contributed by atoms with Crippen LogP contribution in [0.2, 0.25) is 0 Å². The minimum Gasteiger partial charge on any atom is -0.507 e. The Morgan fingerprint density at radius 1 is 1.03 bits per heavy atom. The number of aryl methyl sites for hydroxylation is 1. The molecule has 32 heavy (non-hydrogen) atoms. The van der Waals surface area contributed by atoms with Gasteiger partial charge in [-0.05, 0) is 69.0 Å². The van der Waals surface area contributed by atoms with Crippen molar-refractivity contribution in [2.24, 2.45) is 0 Å². The van der Waals surface area contributed by atoms with E-state index in [0.717, 1.165) is 49.9 Å². The predicted octanol–water partition coefficient (Wildman–Crippen LogP) is 5.49. The van der Waals surface area contributed by atoms with E-state index in [2.05, 4.69) is 36.2 Å². The number of carbonyl (C=O) groups excluding carboxylic acids is 1. The summed E-state index contributed by atoms with van der Waals surface area (Å²) in [4.78, 5) is 17.7. The van der Waals surface area contributed by atoms with Gasteiger partial charge in [-0.15, -0.1) is 0 Å². The third-order valence-corrected chi connectivity index (χ3v) is 6.44. The van der Waals surface area contributed by atoms with Gasteiger partial charge in [0.2, 0.25) is 0 Å². The minimum absolute atomic E-state index is 0.00739. The number of rotatable bonds is 6. The number of piperidine rings is 1. The molecule has 4 nitrogen and oxygen atoms in total. The monoisotopic (exact) mass is 428 g/mol. The largest absolute Gasteiger partial charge is 0.507 e. The van der Waals surface area contributed by atoms with E-state index in [1.807, 2.05) is 54.3 Å². The predicted molar refractivity (Wildman–Crippen MR) is 130 cm³/mol. The second-order valence-corrected chi connectivity index (χ2v) is 8.79. The fourth-order valence-electron chi connectivity index (χ4n) is 4.52. The Labute approximate surface area is 191 Å². The van der Waals surface area contributed by atoms with Gasteiger partial charge in [0, 0.05) is 24.2 Å². The van der Waals surface area contributed by atoms with Crippen molar-refractivity contribution in [1.29, 1.82) is 0 Å². The molecule has 0 aliphatic carbocycles. The smallest absolute Gasteiger partial charge is 0.255 e. The normalized spacial score (nSPS) is 16.3. The summed E-state index contributed by atoms with van der Waals surface area (Å²) in [6, 6.07) is 23.8. The Morgan fingerprint density at radius 2 is 1.78 bits per heavy atom. The van der Waals surface area contributed by atoms with Crippen LogP contribution < -0.4 is 0 Å². The van der Waals surface area contributed by atoms with Gasteiger partial charge in [-0.3, -0.25) is 9.69 Å². The van der Waals surface area contributed by atoms with Crippen LogP contribution in [0, 0.1) is 6.92 Å². The lowest BCUT2D eigenvalue weighted by atomic mass is 10.00. The molecule has 0 saturated carbocycles. The summed E-state index contributed by atoms with van der Waals surface area (Å²) in [5, 5.41) is 10.7. The standard InChI is InChI=1S/C28H32N2O2/c1-21-11-13-23(14-12-21)25-16-15-24(20-26(25)31)28(32)30-18-7-6-10-27(30)29(2)19-17-22-8-4-3-5-9-22/h3-5,8-9,11-16,20,27,31H,6-7,10,17-19H2,1-2H3. The summed E-state index contributed by atoms with van der Waals surface area (Å²) >= 11 is 0. The number of likely N-dealkylation sites (N-methyl/N-ethyl adjacent to an activating group) is 1. The van der Waals surface area contributed by atoms with Gasteiger partial charge in [0.25, 0.3) is 5.91 Å². The lowest BCUT2D eigenvalue weighted by Crippen LogP contribution is -2.52. The van der Waals surface area contributed by atoms with E-state index in [4.69, 9.17) is 0 Å². The first kappa shape index (κ1) is 22.1. The van der Waals surface area contributed by atoms with Crippen molar-refractivity contribution >= 4 is 5.91 Å². The van der Waals surface area contributed by atoms with Crippen LogP contribution in [-0.2, 0) is 6.42 Å². The summed E-state index contributed by atoms with van der Waals surface area (Å²) in [6.07, 6.45) is 4.16. The number of benzene rings is 3. The number of phenols is 1. The average molecular weight is 429 g/mol. The van der Waals surface area contributed by atoms with Crippen LogP contribution in [0.5, 0.6) is 5.75 Å². The first-order chi connectivity index (χ1) is 15.5. The van der Waals surface area contributed by atoms with E-state index < -0.39 is 0 Å². The van der Waals surface area contributed by atoms with E-state index in [1.54, 1.807) is 6.07 Å². The molecule has 0 bridgehead atoms. The molecule has 166 valence electrons. The maximum absolute atomic E-state index is 13.4. The van der Waals surface area contributed by atoms with Gasteiger partial charge in [0.05, 0.1) is 6.17 Å². The third-order valence-electron chi connectivity index (χ3n) is 6.44. The molecule has 0 radical (unpaired) electrons. The maximum atomic E-state index is 13.4. The van der Waals surface area contributed by atoms with Crippen LogP contribution in [0.4, 0.5) is 0 Å². The first-order valence-corrected chi connectivity index (χ1v) is 11.5. The van der Waals surface area contributed by atoms with Crippen molar-refractivity contribution in [2.45, 2.75) is 38.8 Å². The number of aromatic hydroxyl groups is 1. The number of hydrogen-bond donors (Lipinski definition) is 1. The molecule has 1 heterocycles. The molecule has 1 unspecified atom stereocenters. The first-order valence-electron chi connectivity index (χ1n) is 11.5. The molecule has 1 fully saturated rings. The molecular weight excluding hydrogens is 396 g/mol. The molecule has 4 heteroatoms. The molecule has 0 aromatic heterocycles. The van der Waals surface area contributed by atoms with Crippen molar-refractivity contribution in [3.63, 3.8) is 0 Å². The van der Waals surface area contributed by atoms with Crippen LogP contribution in [0.1, 0.15) is 40.7 Å². The molecule has 1 saturated heterocycles. The van der Waals surface area contributed by atoms with Crippen LogP contribution in [0.3, 0.4) is 0 Å². The highest BCUT2D eigenvalue weighted by Gasteiger charge is 2.30. The molecule has 1 N–H and O–H groups in total. The van der Waals surface area contributed by atoms with Gasteiger partial charge < -0.3 is 10.0 Å². The number of nitrogens with zero attached hydrogens (tertiary/aromatic N) is 2. The summed E-state index contributed by atoms with van der Waals surface area (Å²) in [6.45, 7) is 3.69. The Kier molecular flexibility index (Phi) is 6.91. The number of hydrogen-bond acceptors (Lipinski definition) is 3. The van der Waals surface area contributed by atoms with Gasteiger partial charge in [-0.25, -0.2) is 0 Å². The van der Waals surface area contributed by atoms with Gasteiger partial charge in [-0.1, -0.05) is 60.2 Å². The quantitative estimate of drug-likeness (QED) is 0.564. The zero-order valence-electron chi connectivity index (χ0n) is 19.0. The highest BCUT2D eigenvalue weighted by atomic mass is 16.3. The third kappa shape index (κ3) is 5.03. The second kappa shape index (κ2) is 10.0. The van der Waals surface area contributed by atoms with Crippen LogP contribution in [0.15, 0.2) is 72.8 Å². The van der Waals surface area contributed by atoms with Gasteiger partial charge in [0.15, 0.2) is 0 Å². The van der Waals surface area contributed by atoms with Crippen molar-refractivity contribution in [3.05, 3.63) is 89.5 Å². The van der Waals surface area contributed by atoms with Crippen LogP contribution >= 0.6 is 0 Å². The van der Waals surface area contributed by atoms with Crippen LogP contribution in [-0.4, -0.2) is 47.1 Å². The topological polar surface area (TPSA) is 43.8 Å². The highest BCUT2D eigenvalue weighted by molar-refractivity contribution is 5.95. The van der Waals surface area contributed by atoms with Gasteiger partial charge in [-0.2, -0.15) is 0 Å². The summed E-state index contributed by atoms with van der Waals surface area (Å²) in [7, 11) is 2.11. The van der Waals surface area contributed by atoms with Gasteiger partial charge >= 0.3 is 0 Å². The lowest BCUT2D eigenvalue weighted by Gasteiger charge is -2.41. The van der Waals surface area contributed by atoms with E-state index >= 15 is 0 Å². The van der Waals surface area contributed by atoms with Crippen LogP contribution in [0.25, 0.3) is 11.1 Å². The summed E-state index contributed by atoms with van der Waals surface area (Å²) < 4.78 is 0. The Hall–Kier alpha value is -3.11. The molecule has 1 aliphatic heterocycles. The molecule has 3 aromatic rings. The number of phenolic OH excluding ortho intramolecular Hbond substituents is 1. The van der Waals surface area contributed by atoms with Crippen molar-refractivity contribution < 1.29 is 9.90 Å². The zero-order valence-corrected chi connectivity index (χ0v) is 19.0. The van der Waals surface area contributed by atoms with E-state index in [-0.39, 0.29) is 17.8 Å². The number of amides is 1.